The molecular weight excluding hydrogens is 295 g/mol. The number of aryl methyl sites for hydroxylation is 1. The minimum absolute atomic E-state index is 0.198. The maximum atomic E-state index is 11.1. The van der Waals surface area contributed by atoms with Crippen molar-refractivity contribution < 1.29 is 24.3 Å². The summed E-state index contributed by atoms with van der Waals surface area (Å²) < 4.78 is 11.9. The summed E-state index contributed by atoms with van der Waals surface area (Å²) in [5, 5.41) is 18.8. The summed E-state index contributed by atoms with van der Waals surface area (Å²) in [7, 11) is -0.621. The zero-order valence-electron chi connectivity index (χ0n) is 14.2. The van der Waals surface area contributed by atoms with Gasteiger partial charge in [-0.3, -0.25) is 0 Å². The lowest BCUT2D eigenvalue weighted by atomic mass is 9.77. The number of carboxylic acid groups (broad SMARTS) is 1. The van der Waals surface area contributed by atoms with Gasteiger partial charge < -0.3 is 19.5 Å². The molecule has 23 heavy (non-hydrogen) atoms. The van der Waals surface area contributed by atoms with Gasteiger partial charge in [0.25, 0.3) is 0 Å². The van der Waals surface area contributed by atoms with Gasteiger partial charge in [-0.25, -0.2) is 4.79 Å². The van der Waals surface area contributed by atoms with E-state index in [0.717, 1.165) is 5.56 Å². The second-order valence-electron chi connectivity index (χ2n) is 6.85. The largest absolute Gasteiger partial charge is 0.492 e. The quantitative estimate of drug-likeness (QED) is 0.835. The van der Waals surface area contributed by atoms with E-state index in [4.69, 9.17) is 14.4 Å². The highest BCUT2D eigenvalue weighted by atomic mass is 16.7. The number of rotatable bonds is 4. The molecule has 1 aliphatic heterocycles. The fourth-order valence-corrected chi connectivity index (χ4v) is 2.41. The first-order valence-corrected chi connectivity index (χ1v) is 7.58. The Morgan fingerprint density at radius 2 is 1.78 bits per heavy atom. The number of hydrogen-bond acceptors (Lipinski definition) is 4. The van der Waals surface area contributed by atoms with Crippen LogP contribution in [0.15, 0.2) is 23.7 Å². The van der Waals surface area contributed by atoms with Crippen molar-refractivity contribution in [1.29, 1.82) is 0 Å². The van der Waals surface area contributed by atoms with Crippen LogP contribution in [0.3, 0.4) is 0 Å². The van der Waals surface area contributed by atoms with Crippen LogP contribution in [-0.4, -0.2) is 41.1 Å². The number of carboxylic acids is 1. The van der Waals surface area contributed by atoms with Gasteiger partial charge in [0.2, 0.25) is 0 Å². The number of aliphatic hydroxyl groups is 1. The first kappa shape index (κ1) is 17.7. The van der Waals surface area contributed by atoms with Crippen molar-refractivity contribution in [1.82, 2.24) is 0 Å². The predicted octanol–water partition coefficient (Wildman–Crippen LogP) is 2.70. The van der Waals surface area contributed by atoms with Crippen LogP contribution in [0.1, 0.15) is 49.2 Å². The van der Waals surface area contributed by atoms with E-state index in [9.17, 15) is 9.90 Å². The Labute approximate surface area is 137 Å². The molecule has 2 rings (SSSR count). The Hall–Kier alpha value is -1.63. The fraction of sp³-hybridized carbons (Fsp3) is 0.471. The first-order chi connectivity index (χ1) is 10.6. The summed E-state index contributed by atoms with van der Waals surface area (Å²) in [6, 6.07) is 5.03. The van der Waals surface area contributed by atoms with Crippen LogP contribution in [0.4, 0.5) is 0 Å². The molecule has 0 atom stereocenters. The summed E-state index contributed by atoms with van der Waals surface area (Å²) in [6.45, 7) is 9.36. The topological polar surface area (TPSA) is 76.0 Å². The third kappa shape index (κ3) is 3.49. The van der Waals surface area contributed by atoms with E-state index in [-0.39, 0.29) is 12.2 Å². The zero-order valence-corrected chi connectivity index (χ0v) is 14.2. The van der Waals surface area contributed by atoms with E-state index in [1.165, 1.54) is 0 Å². The lowest BCUT2D eigenvalue weighted by Crippen LogP contribution is -2.41. The summed E-state index contributed by atoms with van der Waals surface area (Å²) in [5.74, 6) is -0.952. The first-order valence-electron chi connectivity index (χ1n) is 7.58. The Kier molecular flexibility index (Phi) is 4.71. The van der Waals surface area contributed by atoms with Crippen molar-refractivity contribution in [3.05, 3.63) is 40.4 Å². The Bertz CT molecular complexity index is 632. The second-order valence-corrected chi connectivity index (χ2v) is 6.85. The van der Waals surface area contributed by atoms with Gasteiger partial charge in [0.1, 0.15) is 0 Å². The maximum Gasteiger partial charge on any atom is 0.492 e. The fourth-order valence-electron chi connectivity index (χ4n) is 2.41. The van der Waals surface area contributed by atoms with Crippen molar-refractivity contribution in [2.45, 2.75) is 45.8 Å². The zero-order chi connectivity index (χ0) is 17.4. The highest BCUT2D eigenvalue weighted by Crippen LogP contribution is 2.38. The SMILES string of the molecule is Cc1cc(C=C(CO)B2OC(C)(C)C(C)(C)O2)ccc1C(=O)O. The molecule has 0 aliphatic carbocycles. The molecule has 0 radical (unpaired) electrons. The van der Waals surface area contributed by atoms with Crippen LogP contribution in [0.5, 0.6) is 0 Å². The average Bonchev–Trinajstić information content (AvgIpc) is 2.64. The smallest absolute Gasteiger partial charge is 0.478 e. The molecular formula is C17H23BO5. The van der Waals surface area contributed by atoms with Crippen LogP contribution in [0, 0.1) is 6.92 Å². The molecule has 2 N–H and O–H groups in total. The van der Waals surface area contributed by atoms with Gasteiger partial charge in [0.05, 0.1) is 23.4 Å². The van der Waals surface area contributed by atoms with E-state index in [1.807, 2.05) is 27.7 Å². The molecule has 1 heterocycles. The molecule has 6 heteroatoms. The van der Waals surface area contributed by atoms with E-state index < -0.39 is 24.3 Å². The summed E-state index contributed by atoms with van der Waals surface area (Å²) >= 11 is 0. The van der Waals surface area contributed by atoms with Gasteiger partial charge in [0.15, 0.2) is 0 Å². The number of carbonyl (C=O) groups is 1. The van der Waals surface area contributed by atoms with Gasteiger partial charge >= 0.3 is 13.1 Å². The predicted molar refractivity (Wildman–Crippen MR) is 89.3 cm³/mol. The molecule has 0 amide bonds. The van der Waals surface area contributed by atoms with Crippen molar-refractivity contribution in [3.63, 3.8) is 0 Å². The minimum atomic E-state index is -0.952. The van der Waals surface area contributed by atoms with Crippen molar-refractivity contribution in [3.8, 4) is 0 Å². The lowest BCUT2D eigenvalue weighted by Gasteiger charge is -2.32. The van der Waals surface area contributed by atoms with Crippen molar-refractivity contribution >= 4 is 19.2 Å². The maximum absolute atomic E-state index is 11.1. The molecule has 1 fully saturated rings. The van der Waals surface area contributed by atoms with Crippen molar-refractivity contribution in [2.75, 3.05) is 6.61 Å². The molecule has 0 bridgehead atoms. The van der Waals surface area contributed by atoms with Crippen molar-refractivity contribution in [2.24, 2.45) is 0 Å². The summed E-state index contributed by atoms with van der Waals surface area (Å²) in [6.07, 6.45) is 1.78. The second kappa shape index (κ2) is 6.11. The summed E-state index contributed by atoms with van der Waals surface area (Å²) in [4.78, 5) is 11.1. The molecule has 0 unspecified atom stereocenters. The monoisotopic (exact) mass is 318 g/mol. The molecule has 1 saturated heterocycles. The average molecular weight is 318 g/mol. The van der Waals surface area contributed by atoms with Gasteiger partial charge in [-0.2, -0.15) is 0 Å². The molecule has 1 aromatic carbocycles. The third-order valence-corrected chi connectivity index (χ3v) is 4.57. The Morgan fingerprint density at radius 1 is 1.22 bits per heavy atom. The van der Waals surface area contributed by atoms with Gasteiger partial charge in [-0.1, -0.05) is 18.2 Å². The minimum Gasteiger partial charge on any atom is -0.478 e. The third-order valence-electron chi connectivity index (χ3n) is 4.57. The molecule has 0 aromatic heterocycles. The number of benzene rings is 1. The number of aromatic carboxylic acids is 1. The standard InChI is InChI=1S/C17H23BO5/c1-11-8-12(6-7-14(11)15(20)21)9-13(10-19)18-22-16(2,3)17(4,5)23-18/h6-9,19H,10H2,1-5H3,(H,20,21). The normalized spacial score (nSPS) is 19.9. The van der Waals surface area contributed by atoms with E-state index in [1.54, 1.807) is 31.2 Å². The summed E-state index contributed by atoms with van der Waals surface area (Å²) in [5.41, 5.74) is 1.38. The highest BCUT2D eigenvalue weighted by Gasteiger charge is 2.52. The van der Waals surface area contributed by atoms with Crippen LogP contribution < -0.4 is 0 Å². The van der Waals surface area contributed by atoms with E-state index in [2.05, 4.69) is 0 Å². The Balaban J connectivity index is 2.30. The van der Waals surface area contributed by atoms with E-state index >= 15 is 0 Å². The highest BCUT2D eigenvalue weighted by molar-refractivity contribution is 6.55. The van der Waals surface area contributed by atoms with E-state index in [0.29, 0.717) is 11.0 Å². The number of hydrogen-bond donors (Lipinski definition) is 2. The van der Waals surface area contributed by atoms with Crippen LogP contribution in [-0.2, 0) is 9.31 Å². The molecule has 124 valence electrons. The molecule has 0 spiro atoms. The van der Waals surface area contributed by atoms with Crippen LogP contribution >= 0.6 is 0 Å². The molecule has 5 nitrogen and oxygen atoms in total. The van der Waals surface area contributed by atoms with Crippen LogP contribution in [0.2, 0.25) is 0 Å². The molecule has 1 aromatic rings. The Morgan fingerprint density at radius 3 is 2.22 bits per heavy atom. The number of aliphatic hydroxyl groups excluding tert-OH is 1. The van der Waals surface area contributed by atoms with Gasteiger partial charge in [-0.05, 0) is 57.3 Å². The van der Waals surface area contributed by atoms with Crippen LogP contribution in [0.25, 0.3) is 6.08 Å². The molecule has 1 aliphatic rings. The lowest BCUT2D eigenvalue weighted by molar-refractivity contribution is 0.00578. The molecule has 0 saturated carbocycles. The van der Waals surface area contributed by atoms with Gasteiger partial charge in [-0.15, -0.1) is 0 Å². The van der Waals surface area contributed by atoms with Gasteiger partial charge in [0, 0.05) is 0 Å².